The highest BCUT2D eigenvalue weighted by Crippen LogP contribution is 2.11. The zero-order valence-corrected chi connectivity index (χ0v) is 14.9. The van der Waals surface area contributed by atoms with E-state index in [4.69, 9.17) is 4.74 Å². The maximum Gasteiger partial charge on any atom is 0.322 e. The van der Waals surface area contributed by atoms with Crippen molar-refractivity contribution in [1.29, 1.82) is 0 Å². The molecule has 2 aromatic carbocycles. The first-order valence-electron chi connectivity index (χ1n) is 8.73. The minimum Gasteiger partial charge on any atom is -0.461 e. The molecule has 0 radical (unpaired) electrons. The topological polar surface area (TPSA) is 114 Å². The molecule has 0 saturated carbocycles. The van der Waals surface area contributed by atoms with Crippen LogP contribution in [0.5, 0.6) is 0 Å². The van der Waals surface area contributed by atoms with Crippen molar-refractivity contribution in [3.05, 3.63) is 65.7 Å². The Kier molecular flexibility index (Phi) is 6.01. The monoisotopic (exact) mass is 381 g/mol. The average Bonchev–Trinajstić information content (AvgIpc) is 3.03. The Morgan fingerprint density at radius 2 is 1.71 bits per heavy atom. The van der Waals surface area contributed by atoms with Crippen molar-refractivity contribution >= 4 is 29.5 Å². The molecule has 8 nitrogen and oxygen atoms in total. The van der Waals surface area contributed by atoms with Crippen LogP contribution in [-0.4, -0.2) is 29.9 Å². The Hall–Kier alpha value is -3.68. The molecule has 1 saturated heterocycles. The Bertz CT molecular complexity index is 880. The molecular formula is C20H19N3O5. The van der Waals surface area contributed by atoms with Crippen molar-refractivity contribution in [2.45, 2.75) is 25.5 Å². The number of carbonyl (C=O) groups excluding carboxylic acids is 4. The smallest absolute Gasteiger partial charge is 0.322 e. The summed E-state index contributed by atoms with van der Waals surface area (Å²) in [5.41, 5.74) is 1.93. The number of hydrogen-bond donors (Lipinski definition) is 3. The summed E-state index contributed by atoms with van der Waals surface area (Å²) in [4.78, 5) is 46.4. The van der Waals surface area contributed by atoms with Crippen LogP contribution in [0, 0.1) is 0 Å². The number of hydrogen-bond acceptors (Lipinski definition) is 5. The van der Waals surface area contributed by atoms with Gasteiger partial charge in [0, 0.05) is 17.7 Å². The van der Waals surface area contributed by atoms with Gasteiger partial charge in [0.2, 0.25) is 0 Å². The third-order valence-corrected chi connectivity index (χ3v) is 4.14. The van der Waals surface area contributed by atoms with Crippen LogP contribution >= 0.6 is 0 Å². The third-order valence-electron chi connectivity index (χ3n) is 4.14. The van der Waals surface area contributed by atoms with Crippen molar-refractivity contribution in [3.8, 4) is 0 Å². The maximum absolute atomic E-state index is 12.2. The number of ether oxygens (including phenoxy) is 1. The molecule has 8 heteroatoms. The van der Waals surface area contributed by atoms with E-state index < -0.39 is 23.9 Å². The molecule has 3 N–H and O–H groups in total. The van der Waals surface area contributed by atoms with Crippen molar-refractivity contribution in [2.24, 2.45) is 0 Å². The van der Waals surface area contributed by atoms with Gasteiger partial charge in [-0.05, 0) is 36.2 Å². The summed E-state index contributed by atoms with van der Waals surface area (Å²) in [6.45, 7) is 0.0582. The van der Waals surface area contributed by atoms with E-state index in [1.54, 1.807) is 36.4 Å². The van der Waals surface area contributed by atoms with Crippen LogP contribution in [0.25, 0.3) is 0 Å². The largest absolute Gasteiger partial charge is 0.461 e. The van der Waals surface area contributed by atoms with E-state index >= 15 is 0 Å². The minimum atomic E-state index is -0.706. The van der Waals surface area contributed by atoms with Gasteiger partial charge in [0.15, 0.2) is 0 Å². The fourth-order valence-corrected chi connectivity index (χ4v) is 2.64. The summed E-state index contributed by atoms with van der Waals surface area (Å²) in [5.74, 6) is -1.14. The molecule has 3 rings (SSSR count). The number of anilines is 1. The lowest BCUT2D eigenvalue weighted by atomic mass is 10.1. The van der Waals surface area contributed by atoms with Crippen LogP contribution in [0.3, 0.4) is 0 Å². The summed E-state index contributed by atoms with van der Waals surface area (Å²) in [6, 6.07) is 14.6. The molecule has 1 heterocycles. The summed E-state index contributed by atoms with van der Waals surface area (Å²) in [7, 11) is 0. The molecule has 2 aromatic rings. The van der Waals surface area contributed by atoms with E-state index in [-0.39, 0.29) is 25.4 Å². The summed E-state index contributed by atoms with van der Waals surface area (Å²) in [6.07, 6.45) is 0.185. The van der Waals surface area contributed by atoms with Gasteiger partial charge in [-0.2, -0.15) is 0 Å². The molecule has 4 amide bonds. The van der Waals surface area contributed by atoms with Crippen LogP contribution in [0.4, 0.5) is 10.5 Å². The number of benzene rings is 2. The minimum absolute atomic E-state index is 0.00985. The maximum atomic E-state index is 12.2. The summed E-state index contributed by atoms with van der Waals surface area (Å²) in [5, 5.41) is 7.32. The standard InChI is InChI=1S/C20H19N3O5/c24-17(11-10-16-19(26)23-20(27)22-16)28-12-13-6-8-14(9-7-13)18(25)21-15-4-2-1-3-5-15/h1-9,16H,10-12H2,(H,21,25)(H2,22,23,26,27)/t16-/m0/s1. The second kappa shape index (κ2) is 8.81. The molecule has 1 aliphatic rings. The van der Waals surface area contributed by atoms with Gasteiger partial charge in [0.1, 0.15) is 12.6 Å². The number of esters is 1. The van der Waals surface area contributed by atoms with Crippen LogP contribution in [0.15, 0.2) is 54.6 Å². The molecule has 0 unspecified atom stereocenters. The van der Waals surface area contributed by atoms with E-state index in [1.807, 2.05) is 18.2 Å². The lowest BCUT2D eigenvalue weighted by molar-refractivity contribution is -0.145. The molecule has 1 aliphatic heterocycles. The van der Waals surface area contributed by atoms with Crippen LogP contribution in [0.2, 0.25) is 0 Å². The zero-order chi connectivity index (χ0) is 19.9. The molecule has 0 bridgehead atoms. The number of para-hydroxylation sites is 1. The second-order valence-corrected chi connectivity index (χ2v) is 6.23. The Balaban J connectivity index is 1.44. The Labute approximate surface area is 161 Å². The molecular weight excluding hydrogens is 362 g/mol. The quantitative estimate of drug-likeness (QED) is 0.501. The van der Waals surface area contributed by atoms with Gasteiger partial charge in [0.05, 0.1) is 0 Å². The van der Waals surface area contributed by atoms with E-state index in [9.17, 15) is 19.2 Å². The predicted molar refractivity (Wildman–Crippen MR) is 100 cm³/mol. The number of nitrogens with one attached hydrogen (secondary N) is 3. The number of rotatable bonds is 7. The van der Waals surface area contributed by atoms with Crippen LogP contribution < -0.4 is 16.0 Å². The predicted octanol–water partition coefficient (Wildman–Crippen LogP) is 1.97. The number of amides is 4. The van der Waals surface area contributed by atoms with Crippen molar-refractivity contribution < 1.29 is 23.9 Å². The van der Waals surface area contributed by atoms with Gasteiger partial charge < -0.3 is 15.4 Å². The number of carbonyl (C=O) groups is 4. The average molecular weight is 381 g/mol. The lowest BCUT2D eigenvalue weighted by Crippen LogP contribution is -2.29. The van der Waals surface area contributed by atoms with Crippen molar-refractivity contribution in [3.63, 3.8) is 0 Å². The van der Waals surface area contributed by atoms with Crippen molar-refractivity contribution in [1.82, 2.24) is 10.6 Å². The fourth-order valence-electron chi connectivity index (χ4n) is 2.64. The molecule has 1 atom stereocenters. The first-order valence-corrected chi connectivity index (χ1v) is 8.73. The van der Waals surface area contributed by atoms with Gasteiger partial charge >= 0.3 is 12.0 Å². The zero-order valence-electron chi connectivity index (χ0n) is 14.9. The molecule has 1 fully saturated rings. The summed E-state index contributed by atoms with van der Waals surface area (Å²) < 4.78 is 5.16. The van der Waals surface area contributed by atoms with Crippen LogP contribution in [-0.2, 0) is 20.9 Å². The molecule has 28 heavy (non-hydrogen) atoms. The molecule has 0 aliphatic carbocycles. The Morgan fingerprint density at radius 1 is 1.00 bits per heavy atom. The van der Waals surface area contributed by atoms with Gasteiger partial charge in [-0.1, -0.05) is 30.3 Å². The molecule has 144 valence electrons. The molecule has 0 spiro atoms. The van der Waals surface area contributed by atoms with Gasteiger partial charge in [-0.25, -0.2) is 4.79 Å². The Morgan fingerprint density at radius 3 is 2.36 bits per heavy atom. The SMILES string of the molecule is O=C1NC(=O)[C@H](CCC(=O)OCc2ccc(C(=O)Nc3ccccc3)cc2)N1. The van der Waals surface area contributed by atoms with Crippen LogP contribution in [0.1, 0.15) is 28.8 Å². The van der Waals surface area contributed by atoms with E-state index in [1.165, 1.54) is 0 Å². The summed E-state index contributed by atoms with van der Waals surface area (Å²) >= 11 is 0. The highest BCUT2D eigenvalue weighted by Gasteiger charge is 2.29. The normalized spacial score (nSPS) is 15.5. The molecule has 0 aromatic heterocycles. The highest BCUT2D eigenvalue weighted by molar-refractivity contribution is 6.04. The number of urea groups is 1. The van der Waals surface area contributed by atoms with Gasteiger partial charge in [-0.15, -0.1) is 0 Å². The van der Waals surface area contributed by atoms with E-state index in [2.05, 4.69) is 16.0 Å². The number of imide groups is 1. The first-order chi connectivity index (χ1) is 13.5. The van der Waals surface area contributed by atoms with Gasteiger partial charge in [0.25, 0.3) is 11.8 Å². The third kappa shape index (κ3) is 5.16. The first kappa shape index (κ1) is 19.1. The highest BCUT2D eigenvalue weighted by atomic mass is 16.5. The lowest BCUT2D eigenvalue weighted by Gasteiger charge is -2.08. The second-order valence-electron chi connectivity index (χ2n) is 6.23. The van der Waals surface area contributed by atoms with E-state index in [0.29, 0.717) is 11.3 Å². The van der Waals surface area contributed by atoms with E-state index in [0.717, 1.165) is 5.56 Å². The fraction of sp³-hybridized carbons (Fsp3) is 0.200. The van der Waals surface area contributed by atoms with Gasteiger partial charge in [-0.3, -0.25) is 19.7 Å². The van der Waals surface area contributed by atoms with Crippen molar-refractivity contribution in [2.75, 3.05) is 5.32 Å².